The van der Waals surface area contributed by atoms with Crippen LogP contribution in [0.25, 0.3) is 0 Å². The second-order valence-electron chi connectivity index (χ2n) is 3.73. The van der Waals surface area contributed by atoms with Gasteiger partial charge in [-0.15, -0.1) is 0 Å². The third-order valence-corrected chi connectivity index (χ3v) is 3.09. The van der Waals surface area contributed by atoms with Crippen molar-refractivity contribution in [3.63, 3.8) is 0 Å². The van der Waals surface area contributed by atoms with Crippen LogP contribution in [0.5, 0.6) is 0 Å². The molecule has 120 valence electrons. The van der Waals surface area contributed by atoms with Crippen molar-refractivity contribution in [1.29, 1.82) is 0 Å². The van der Waals surface area contributed by atoms with Crippen molar-refractivity contribution in [2.45, 2.75) is 6.18 Å². The van der Waals surface area contributed by atoms with Crippen molar-refractivity contribution in [2.75, 3.05) is 5.73 Å². The fraction of sp³-hybridized carbons (Fsp3) is 0.0909. The van der Waals surface area contributed by atoms with E-state index >= 15 is 0 Å². The van der Waals surface area contributed by atoms with Gasteiger partial charge in [-0.2, -0.15) is 13.2 Å². The quantitative estimate of drug-likeness (QED) is 0.645. The topological polar surface area (TPSA) is 92.0 Å². The van der Waals surface area contributed by atoms with Gasteiger partial charge in [0.05, 0.1) is 10.6 Å². The number of hydrogen-bond donors (Lipinski definition) is 3. The number of aromatic nitrogens is 2. The standard InChI is InChI=1S/C7H5ClF3N.C4H2Cl2N2O2/c8-6-2-1-4(12)3-5(6)7(9,10)11;5-1-2(6)8-3(7-1)4(9)10/h1-3H,12H2;(H,7,8)(H,9,10). The number of aromatic amines is 1. The number of carbonyl (C=O) groups is 1. The number of anilines is 1. The molecule has 0 aliphatic carbocycles. The van der Waals surface area contributed by atoms with Crippen molar-refractivity contribution in [3.05, 3.63) is 44.9 Å². The first kappa shape index (κ1) is 18.4. The number of benzene rings is 1. The first-order valence-corrected chi connectivity index (χ1v) is 6.42. The molecule has 0 amide bonds. The van der Waals surface area contributed by atoms with Gasteiger partial charge >= 0.3 is 12.1 Å². The van der Waals surface area contributed by atoms with Crippen LogP contribution in [0.2, 0.25) is 15.3 Å². The number of aromatic carboxylic acids is 1. The Labute approximate surface area is 136 Å². The number of H-pyrrole nitrogens is 1. The SMILES string of the molecule is Nc1ccc(Cl)c(C(F)(F)F)c1.O=C(O)c1nc(Cl)c(Cl)[nH]1. The molecule has 11 heteroatoms. The molecule has 0 aliphatic heterocycles. The van der Waals surface area contributed by atoms with E-state index in [2.05, 4.69) is 9.97 Å². The van der Waals surface area contributed by atoms with E-state index in [-0.39, 0.29) is 26.8 Å². The molecule has 0 spiro atoms. The first-order chi connectivity index (χ1) is 10.0. The first-order valence-electron chi connectivity index (χ1n) is 5.29. The number of halogens is 6. The summed E-state index contributed by atoms with van der Waals surface area (Å²) < 4.78 is 36.3. The fourth-order valence-electron chi connectivity index (χ4n) is 1.19. The minimum atomic E-state index is -4.44. The number of rotatable bonds is 1. The van der Waals surface area contributed by atoms with Crippen LogP contribution in [0.3, 0.4) is 0 Å². The Hall–Kier alpha value is -1.64. The summed E-state index contributed by atoms with van der Waals surface area (Å²) in [6, 6.07) is 3.25. The van der Waals surface area contributed by atoms with Gasteiger partial charge in [0.25, 0.3) is 0 Å². The lowest BCUT2D eigenvalue weighted by Gasteiger charge is -2.08. The van der Waals surface area contributed by atoms with Gasteiger partial charge in [0.15, 0.2) is 5.15 Å². The smallest absolute Gasteiger partial charge is 0.417 e. The normalized spacial score (nSPS) is 10.8. The largest absolute Gasteiger partial charge is 0.475 e. The van der Waals surface area contributed by atoms with Crippen LogP contribution in [0, 0.1) is 0 Å². The molecule has 0 unspecified atom stereocenters. The van der Waals surface area contributed by atoms with E-state index in [0.29, 0.717) is 0 Å². The number of nitrogens with two attached hydrogens (primary N) is 1. The van der Waals surface area contributed by atoms with E-state index in [1.807, 2.05) is 0 Å². The molecule has 1 heterocycles. The number of alkyl halides is 3. The molecule has 0 atom stereocenters. The van der Waals surface area contributed by atoms with Crippen LogP contribution in [0.4, 0.5) is 18.9 Å². The Morgan fingerprint density at radius 2 is 1.86 bits per heavy atom. The van der Waals surface area contributed by atoms with E-state index in [1.165, 1.54) is 6.07 Å². The fourth-order valence-corrected chi connectivity index (χ4v) is 1.68. The number of nitrogens with one attached hydrogen (secondary N) is 1. The van der Waals surface area contributed by atoms with Crippen LogP contribution in [0.1, 0.15) is 16.2 Å². The van der Waals surface area contributed by atoms with Crippen molar-refractivity contribution in [2.24, 2.45) is 0 Å². The van der Waals surface area contributed by atoms with Crippen molar-refractivity contribution < 1.29 is 23.1 Å². The minimum Gasteiger partial charge on any atom is -0.475 e. The molecule has 0 bridgehead atoms. The molecule has 0 fully saturated rings. The number of carboxylic acids is 1. The second-order valence-corrected chi connectivity index (χ2v) is 4.88. The molecule has 22 heavy (non-hydrogen) atoms. The Balaban J connectivity index is 0.000000224. The molecule has 5 nitrogen and oxygen atoms in total. The molecule has 0 saturated heterocycles. The van der Waals surface area contributed by atoms with E-state index in [4.69, 9.17) is 45.6 Å². The Morgan fingerprint density at radius 3 is 2.18 bits per heavy atom. The highest BCUT2D eigenvalue weighted by molar-refractivity contribution is 6.40. The van der Waals surface area contributed by atoms with Gasteiger partial charge < -0.3 is 15.8 Å². The lowest BCUT2D eigenvalue weighted by atomic mass is 10.2. The Bertz CT molecular complexity index is 669. The highest BCUT2D eigenvalue weighted by Gasteiger charge is 2.33. The van der Waals surface area contributed by atoms with Crippen LogP contribution in [-0.2, 0) is 6.18 Å². The number of nitrogen functional groups attached to an aromatic ring is 1. The summed E-state index contributed by atoms with van der Waals surface area (Å²) in [5.74, 6) is -1.44. The molecular weight excluding hydrogens is 369 g/mol. The van der Waals surface area contributed by atoms with Crippen molar-refractivity contribution in [1.82, 2.24) is 9.97 Å². The van der Waals surface area contributed by atoms with Gasteiger partial charge in [-0.25, -0.2) is 9.78 Å². The van der Waals surface area contributed by atoms with Crippen molar-refractivity contribution in [3.8, 4) is 0 Å². The summed E-state index contributed by atoms with van der Waals surface area (Å²) in [4.78, 5) is 15.8. The van der Waals surface area contributed by atoms with E-state index in [1.54, 1.807) is 0 Å². The molecule has 1 aromatic carbocycles. The summed E-state index contributed by atoms with van der Waals surface area (Å²) >= 11 is 16.0. The molecule has 2 aromatic rings. The van der Waals surface area contributed by atoms with Gasteiger partial charge in [-0.05, 0) is 18.2 Å². The van der Waals surface area contributed by atoms with Gasteiger partial charge in [0.1, 0.15) is 5.15 Å². The average molecular weight is 377 g/mol. The van der Waals surface area contributed by atoms with Crippen molar-refractivity contribution >= 4 is 46.5 Å². The van der Waals surface area contributed by atoms with E-state index in [9.17, 15) is 18.0 Å². The Kier molecular flexibility index (Phi) is 5.92. The molecule has 2 rings (SSSR count). The molecule has 4 N–H and O–H groups in total. The maximum Gasteiger partial charge on any atom is 0.417 e. The third kappa shape index (κ3) is 4.97. The zero-order valence-corrected chi connectivity index (χ0v) is 12.6. The van der Waals surface area contributed by atoms with Crippen LogP contribution < -0.4 is 5.73 Å². The Morgan fingerprint density at radius 1 is 1.27 bits per heavy atom. The highest BCUT2D eigenvalue weighted by Crippen LogP contribution is 2.35. The lowest BCUT2D eigenvalue weighted by Crippen LogP contribution is -2.06. The second kappa shape index (κ2) is 7.08. The zero-order chi connectivity index (χ0) is 17.1. The molecule has 0 saturated carbocycles. The third-order valence-electron chi connectivity index (χ3n) is 2.12. The maximum absolute atomic E-state index is 12.1. The van der Waals surface area contributed by atoms with Gasteiger partial charge in [-0.3, -0.25) is 0 Å². The van der Waals surface area contributed by atoms with Crippen LogP contribution in [-0.4, -0.2) is 21.0 Å². The minimum absolute atomic E-state index is 0.0286. The summed E-state index contributed by atoms with van der Waals surface area (Å²) in [6.07, 6.45) is -4.44. The lowest BCUT2D eigenvalue weighted by molar-refractivity contribution is -0.137. The number of hydrogen-bond acceptors (Lipinski definition) is 3. The highest BCUT2D eigenvalue weighted by atomic mass is 35.5. The maximum atomic E-state index is 12.1. The molecular formula is C11H7Cl3F3N3O2. The summed E-state index contributed by atoms with van der Waals surface area (Å²) in [5, 5.41) is 7.99. The molecule has 0 aliphatic rings. The van der Waals surface area contributed by atoms with Gasteiger partial charge in [-0.1, -0.05) is 34.8 Å². The van der Waals surface area contributed by atoms with E-state index < -0.39 is 17.7 Å². The predicted octanol–water partition coefficient (Wildman–Crippen LogP) is 4.36. The summed E-state index contributed by atoms with van der Waals surface area (Å²) in [6.45, 7) is 0. The van der Waals surface area contributed by atoms with Crippen LogP contribution in [0.15, 0.2) is 18.2 Å². The van der Waals surface area contributed by atoms with Crippen LogP contribution >= 0.6 is 34.8 Å². The zero-order valence-electron chi connectivity index (χ0n) is 10.4. The molecule has 0 radical (unpaired) electrons. The summed E-state index contributed by atoms with van der Waals surface area (Å²) in [5.41, 5.74) is 4.31. The number of nitrogens with zero attached hydrogens (tertiary/aromatic N) is 1. The number of carboxylic acid groups (broad SMARTS) is 1. The molecule has 1 aromatic heterocycles. The number of imidazole rings is 1. The predicted molar refractivity (Wildman–Crippen MR) is 76.4 cm³/mol. The van der Waals surface area contributed by atoms with Gasteiger partial charge in [0.2, 0.25) is 5.82 Å². The van der Waals surface area contributed by atoms with Gasteiger partial charge in [0, 0.05) is 5.69 Å². The average Bonchev–Trinajstić information content (AvgIpc) is 2.72. The summed E-state index contributed by atoms with van der Waals surface area (Å²) in [7, 11) is 0. The monoisotopic (exact) mass is 375 g/mol. The van der Waals surface area contributed by atoms with E-state index in [0.717, 1.165) is 12.1 Å².